The van der Waals surface area contributed by atoms with Gasteiger partial charge in [-0.2, -0.15) is 0 Å². The highest BCUT2D eigenvalue weighted by Crippen LogP contribution is 2.77. The van der Waals surface area contributed by atoms with Crippen molar-refractivity contribution in [3.05, 3.63) is 0 Å². The van der Waals surface area contributed by atoms with Gasteiger partial charge in [0.1, 0.15) is 0 Å². The summed E-state index contributed by atoms with van der Waals surface area (Å²) in [6, 6.07) is 0. The summed E-state index contributed by atoms with van der Waals surface area (Å²) < 4.78 is 0. The molecule has 3 aliphatic carbocycles. The van der Waals surface area contributed by atoms with E-state index in [9.17, 15) is 5.11 Å². The molecule has 3 fully saturated rings. The predicted molar refractivity (Wildman–Crippen MR) is 38.6 cm³/mol. The minimum atomic E-state index is 0.0868. The van der Waals surface area contributed by atoms with Gasteiger partial charge in [-0.25, -0.2) is 0 Å². The molecule has 1 nitrogen and oxygen atoms in total. The van der Waals surface area contributed by atoms with Crippen LogP contribution in [-0.2, 0) is 0 Å². The van der Waals surface area contributed by atoms with Crippen LogP contribution in [0.4, 0.5) is 0 Å². The van der Waals surface area contributed by atoms with Gasteiger partial charge in [0.05, 0.1) is 6.10 Å². The Morgan fingerprint density at radius 1 is 1.10 bits per heavy atom. The molecule has 0 heterocycles. The van der Waals surface area contributed by atoms with Crippen molar-refractivity contribution < 1.29 is 5.11 Å². The molecule has 1 N–H and O–H groups in total. The smallest absolute Gasteiger partial charge is 0.0607 e. The molecule has 3 rings (SSSR count). The van der Waals surface area contributed by atoms with Crippen molar-refractivity contribution in [1.29, 1.82) is 0 Å². The van der Waals surface area contributed by atoms with E-state index in [1.807, 2.05) is 0 Å². The number of rotatable bonds is 0. The van der Waals surface area contributed by atoms with E-state index in [1.165, 1.54) is 32.1 Å². The first-order valence-electron chi connectivity index (χ1n) is 4.47. The molecule has 0 spiro atoms. The summed E-state index contributed by atoms with van der Waals surface area (Å²) in [5.41, 5.74) is 1.14. The third-order valence-electron chi connectivity index (χ3n) is 4.61. The Balaban J connectivity index is 2.02. The lowest BCUT2D eigenvalue weighted by Crippen LogP contribution is -2.65. The van der Waals surface area contributed by atoms with E-state index >= 15 is 0 Å². The van der Waals surface area contributed by atoms with Gasteiger partial charge in [0, 0.05) is 5.41 Å². The van der Waals surface area contributed by atoms with Gasteiger partial charge in [-0.15, -0.1) is 0 Å². The summed E-state index contributed by atoms with van der Waals surface area (Å²) >= 11 is 0. The first kappa shape index (κ1) is 5.59. The van der Waals surface area contributed by atoms with Crippen molar-refractivity contribution in [2.24, 2.45) is 10.8 Å². The lowest BCUT2D eigenvalue weighted by Gasteiger charge is -2.68. The topological polar surface area (TPSA) is 20.2 Å². The average Bonchev–Trinajstić information content (AvgIpc) is 2.16. The molecule has 56 valence electrons. The van der Waals surface area contributed by atoms with Crippen molar-refractivity contribution in [2.75, 3.05) is 0 Å². The van der Waals surface area contributed by atoms with Gasteiger partial charge in [-0.05, 0) is 37.5 Å². The quantitative estimate of drug-likeness (QED) is 0.540. The van der Waals surface area contributed by atoms with Crippen molar-refractivity contribution in [3.63, 3.8) is 0 Å². The van der Waals surface area contributed by atoms with Crippen LogP contribution in [0.1, 0.15) is 38.5 Å². The summed E-state index contributed by atoms with van der Waals surface area (Å²) in [7, 11) is 0. The Kier molecular flexibility index (Phi) is 0.722. The van der Waals surface area contributed by atoms with Crippen molar-refractivity contribution in [3.8, 4) is 0 Å². The van der Waals surface area contributed by atoms with Crippen LogP contribution in [-0.4, -0.2) is 11.2 Å². The molecule has 3 saturated carbocycles. The number of hydrogen-bond acceptors (Lipinski definition) is 1. The monoisotopic (exact) mass is 138 g/mol. The summed E-state index contributed by atoms with van der Waals surface area (Å²) in [4.78, 5) is 0. The van der Waals surface area contributed by atoms with Gasteiger partial charge in [0.25, 0.3) is 0 Å². The molecule has 0 aromatic heterocycles. The van der Waals surface area contributed by atoms with Crippen LogP contribution < -0.4 is 0 Å². The molecule has 0 aliphatic heterocycles. The highest BCUT2D eigenvalue weighted by Gasteiger charge is 2.72. The van der Waals surface area contributed by atoms with Crippen LogP contribution in [0.5, 0.6) is 0 Å². The zero-order valence-electron chi connectivity index (χ0n) is 6.27. The fraction of sp³-hybridized carbons (Fsp3) is 1.00. The van der Waals surface area contributed by atoms with E-state index in [-0.39, 0.29) is 6.10 Å². The number of hydrogen-bond donors (Lipinski definition) is 1. The maximum atomic E-state index is 9.59. The summed E-state index contributed by atoms with van der Waals surface area (Å²) in [6.07, 6.45) is 8.10. The standard InChI is InChI=1S/C9H14O/c10-7-6-8-2-1-3-9(7,8)5-4-8/h7,10H,1-6H2. The minimum absolute atomic E-state index is 0.0868. The second-order valence-electron chi connectivity index (χ2n) is 4.51. The van der Waals surface area contributed by atoms with Crippen molar-refractivity contribution in [2.45, 2.75) is 44.6 Å². The molecule has 10 heavy (non-hydrogen) atoms. The molecule has 0 saturated heterocycles. The fourth-order valence-electron chi connectivity index (χ4n) is 3.83. The maximum Gasteiger partial charge on any atom is 0.0607 e. The highest BCUT2D eigenvalue weighted by atomic mass is 16.3. The van der Waals surface area contributed by atoms with Crippen LogP contribution in [0.15, 0.2) is 0 Å². The third-order valence-corrected chi connectivity index (χ3v) is 4.61. The molecule has 0 radical (unpaired) electrons. The first-order valence-corrected chi connectivity index (χ1v) is 4.47. The lowest BCUT2D eigenvalue weighted by molar-refractivity contribution is -0.242. The zero-order valence-corrected chi connectivity index (χ0v) is 6.27. The second-order valence-corrected chi connectivity index (χ2v) is 4.51. The summed E-state index contributed by atoms with van der Waals surface area (Å²) in [5, 5.41) is 9.59. The van der Waals surface area contributed by atoms with E-state index in [0.29, 0.717) is 10.8 Å². The average molecular weight is 138 g/mol. The normalized spacial score (nSPS) is 63.9. The Labute approximate surface area is 61.4 Å². The SMILES string of the molecule is OC1CC23CCCC12CC3. The van der Waals surface area contributed by atoms with Crippen LogP contribution in [0.3, 0.4) is 0 Å². The molecule has 3 atom stereocenters. The summed E-state index contributed by atoms with van der Waals surface area (Å²) in [6.45, 7) is 0. The molecule has 3 aliphatic rings. The highest BCUT2D eigenvalue weighted by molar-refractivity contribution is 5.22. The van der Waals surface area contributed by atoms with Crippen LogP contribution in [0.25, 0.3) is 0 Å². The maximum absolute atomic E-state index is 9.59. The molecule has 0 aromatic carbocycles. The zero-order chi connectivity index (χ0) is 6.82. The van der Waals surface area contributed by atoms with E-state index < -0.39 is 0 Å². The van der Waals surface area contributed by atoms with Gasteiger partial charge < -0.3 is 5.11 Å². The summed E-state index contributed by atoms with van der Waals surface area (Å²) in [5.74, 6) is 0. The Morgan fingerprint density at radius 2 is 2.00 bits per heavy atom. The molecular weight excluding hydrogens is 124 g/mol. The second kappa shape index (κ2) is 1.29. The Bertz CT molecular complexity index is 189. The molecule has 0 aromatic rings. The van der Waals surface area contributed by atoms with E-state index in [4.69, 9.17) is 0 Å². The Morgan fingerprint density at radius 3 is 2.40 bits per heavy atom. The van der Waals surface area contributed by atoms with Crippen molar-refractivity contribution in [1.82, 2.24) is 0 Å². The predicted octanol–water partition coefficient (Wildman–Crippen LogP) is 1.70. The van der Waals surface area contributed by atoms with Gasteiger partial charge in [0.2, 0.25) is 0 Å². The van der Waals surface area contributed by atoms with Gasteiger partial charge in [0.15, 0.2) is 0 Å². The van der Waals surface area contributed by atoms with Gasteiger partial charge >= 0.3 is 0 Å². The van der Waals surface area contributed by atoms with Crippen molar-refractivity contribution >= 4 is 0 Å². The number of aliphatic hydroxyl groups is 1. The van der Waals surface area contributed by atoms with Crippen LogP contribution in [0.2, 0.25) is 0 Å². The van der Waals surface area contributed by atoms with Gasteiger partial charge in [-0.1, -0.05) is 6.42 Å². The molecule has 0 bridgehead atoms. The molecular formula is C9H14O. The minimum Gasteiger partial charge on any atom is -0.393 e. The van der Waals surface area contributed by atoms with E-state index in [1.54, 1.807) is 0 Å². The number of aliphatic hydroxyl groups excluding tert-OH is 1. The molecule has 0 amide bonds. The lowest BCUT2D eigenvalue weighted by atomic mass is 9.38. The van der Waals surface area contributed by atoms with Crippen LogP contribution in [0, 0.1) is 10.8 Å². The third kappa shape index (κ3) is 0.315. The first-order chi connectivity index (χ1) is 4.79. The molecule has 3 unspecified atom stereocenters. The van der Waals surface area contributed by atoms with Gasteiger partial charge in [-0.3, -0.25) is 0 Å². The largest absolute Gasteiger partial charge is 0.393 e. The molecule has 1 heteroatoms. The van der Waals surface area contributed by atoms with Crippen LogP contribution >= 0.6 is 0 Å². The Hall–Kier alpha value is -0.0400. The fourth-order valence-corrected chi connectivity index (χ4v) is 3.83. The van der Waals surface area contributed by atoms with E-state index in [2.05, 4.69) is 0 Å². The van der Waals surface area contributed by atoms with E-state index in [0.717, 1.165) is 6.42 Å².